The van der Waals surface area contributed by atoms with Crippen LogP contribution < -0.4 is 5.73 Å². The second kappa shape index (κ2) is 6.02. The molecule has 0 spiro atoms. The van der Waals surface area contributed by atoms with Crippen LogP contribution in [0.4, 0.5) is 0 Å². The molecule has 1 heterocycles. The highest BCUT2D eigenvalue weighted by molar-refractivity contribution is 4.93. The summed E-state index contributed by atoms with van der Waals surface area (Å²) in [5.41, 5.74) is 6.36. The van der Waals surface area contributed by atoms with E-state index in [2.05, 4.69) is 32.6 Å². The Balaban J connectivity index is 2.76. The van der Waals surface area contributed by atoms with Gasteiger partial charge in [0.1, 0.15) is 0 Å². The number of hydrogen-bond acceptors (Lipinski definition) is 2. The minimum absolute atomic E-state index is 0.275. The fraction of sp³-hybridized carbons (Fsp3) is 1.00. The monoisotopic (exact) mass is 226 g/mol. The van der Waals surface area contributed by atoms with Crippen LogP contribution in [0.25, 0.3) is 0 Å². The molecule has 3 unspecified atom stereocenters. The van der Waals surface area contributed by atoms with Crippen molar-refractivity contribution in [1.29, 1.82) is 0 Å². The molecule has 96 valence electrons. The van der Waals surface area contributed by atoms with Gasteiger partial charge in [-0.3, -0.25) is 4.90 Å². The summed E-state index contributed by atoms with van der Waals surface area (Å²) >= 11 is 0. The molecule has 0 saturated carbocycles. The van der Waals surface area contributed by atoms with E-state index in [1.165, 1.54) is 38.8 Å². The van der Waals surface area contributed by atoms with Gasteiger partial charge in [0, 0.05) is 25.2 Å². The molecule has 0 aromatic carbocycles. The number of hydrogen-bond donors (Lipinski definition) is 1. The van der Waals surface area contributed by atoms with E-state index in [0.29, 0.717) is 0 Å². The van der Waals surface area contributed by atoms with Gasteiger partial charge in [-0.05, 0) is 31.1 Å². The van der Waals surface area contributed by atoms with Crippen molar-refractivity contribution >= 4 is 0 Å². The van der Waals surface area contributed by atoms with Gasteiger partial charge in [-0.25, -0.2) is 0 Å². The normalized spacial score (nSPS) is 31.3. The summed E-state index contributed by atoms with van der Waals surface area (Å²) in [5, 5.41) is 0. The summed E-state index contributed by atoms with van der Waals surface area (Å²) in [7, 11) is 0. The third-order valence-electron chi connectivity index (χ3n) is 4.29. The zero-order valence-electron chi connectivity index (χ0n) is 11.6. The van der Waals surface area contributed by atoms with E-state index in [-0.39, 0.29) is 5.54 Å². The molecule has 1 saturated heterocycles. The largest absolute Gasteiger partial charge is 0.329 e. The number of nitrogens with zero attached hydrogens (tertiary/aromatic N) is 1. The van der Waals surface area contributed by atoms with Crippen molar-refractivity contribution in [1.82, 2.24) is 4.90 Å². The molecule has 1 aliphatic rings. The lowest BCUT2D eigenvalue weighted by molar-refractivity contribution is 0.0198. The molecule has 1 rings (SSSR count). The second-order valence-corrected chi connectivity index (χ2v) is 5.88. The zero-order valence-corrected chi connectivity index (χ0v) is 11.6. The number of piperidine rings is 1. The molecule has 2 N–H and O–H groups in total. The number of rotatable bonds is 5. The SMILES string of the molecule is CCCC(CC)(CN)N1CC(C)CC(C)C1. The van der Waals surface area contributed by atoms with Crippen molar-refractivity contribution in [3.05, 3.63) is 0 Å². The van der Waals surface area contributed by atoms with Gasteiger partial charge in [-0.1, -0.05) is 34.1 Å². The van der Waals surface area contributed by atoms with Crippen molar-refractivity contribution in [2.75, 3.05) is 19.6 Å². The lowest BCUT2D eigenvalue weighted by Gasteiger charge is -2.48. The van der Waals surface area contributed by atoms with Gasteiger partial charge in [-0.15, -0.1) is 0 Å². The molecule has 3 atom stereocenters. The van der Waals surface area contributed by atoms with E-state index >= 15 is 0 Å². The van der Waals surface area contributed by atoms with Crippen LogP contribution in [0.2, 0.25) is 0 Å². The van der Waals surface area contributed by atoms with Gasteiger partial charge in [0.2, 0.25) is 0 Å². The Bertz CT molecular complexity index is 189. The van der Waals surface area contributed by atoms with Gasteiger partial charge in [0.15, 0.2) is 0 Å². The van der Waals surface area contributed by atoms with E-state index in [4.69, 9.17) is 5.73 Å². The summed E-state index contributed by atoms with van der Waals surface area (Å²) in [6, 6.07) is 0. The van der Waals surface area contributed by atoms with Crippen molar-refractivity contribution in [3.8, 4) is 0 Å². The van der Waals surface area contributed by atoms with Gasteiger partial charge in [0.25, 0.3) is 0 Å². The minimum Gasteiger partial charge on any atom is -0.329 e. The predicted molar refractivity (Wildman–Crippen MR) is 71.5 cm³/mol. The van der Waals surface area contributed by atoms with Gasteiger partial charge < -0.3 is 5.73 Å². The molecule has 1 fully saturated rings. The first-order chi connectivity index (χ1) is 7.57. The maximum Gasteiger partial charge on any atom is 0.0329 e. The zero-order chi connectivity index (χ0) is 12.2. The Morgan fingerprint density at radius 3 is 2.12 bits per heavy atom. The van der Waals surface area contributed by atoms with E-state index in [1.807, 2.05) is 0 Å². The third kappa shape index (κ3) is 2.98. The third-order valence-corrected chi connectivity index (χ3v) is 4.29. The summed E-state index contributed by atoms with van der Waals surface area (Å²) < 4.78 is 0. The molecule has 0 aromatic rings. The molecule has 0 aliphatic carbocycles. The van der Waals surface area contributed by atoms with E-state index < -0.39 is 0 Å². The van der Waals surface area contributed by atoms with Crippen molar-refractivity contribution in [3.63, 3.8) is 0 Å². The van der Waals surface area contributed by atoms with Crippen LogP contribution in [0.1, 0.15) is 53.4 Å². The van der Waals surface area contributed by atoms with E-state index in [0.717, 1.165) is 18.4 Å². The molecular weight excluding hydrogens is 196 g/mol. The molecule has 16 heavy (non-hydrogen) atoms. The Hall–Kier alpha value is -0.0800. The van der Waals surface area contributed by atoms with Crippen LogP contribution >= 0.6 is 0 Å². The van der Waals surface area contributed by atoms with Crippen LogP contribution in [0.15, 0.2) is 0 Å². The molecular formula is C14H30N2. The highest BCUT2D eigenvalue weighted by Crippen LogP contribution is 2.31. The lowest BCUT2D eigenvalue weighted by atomic mass is 9.82. The molecule has 0 radical (unpaired) electrons. The Labute approximate surface area is 102 Å². The van der Waals surface area contributed by atoms with Crippen LogP contribution in [0.3, 0.4) is 0 Å². The summed E-state index contributed by atoms with van der Waals surface area (Å²) in [4.78, 5) is 2.69. The standard InChI is InChI=1S/C14H30N2/c1-5-7-14(6-2,11-15)16-9-12(3)8-13(4)10-16/h12-13H,5-11,15H2,1-4H3. The summed E-state index contributed by atoms with van der Waals surface area (Å²) in [5.74, 6) is 1.66. The smallest absolute Gasteiger partial charge is 0.0329 e. The molecule has 0 amide bonds. The molecule has 0 aromatic heterocycles. The van der Waals surface area contributed by atoms with E-state index in [9.17, 15) is 0 Å². The van der Waals surface area contributed by atoms with Crippen LogP contribution in [-0.2, 0) is 0 Å². The van der Waals surface area contributed by atoms with Gasteiger partial charge in [0.05, 0.1) is 0 Å². The Morgan fingerprint density at radius 1 is 1.19 bits per heavy atom. The van der Waals surface area contributed by atoms with E-state index in [1.54, 1.807) is 0 Å². The minimum atomic E-state index is 0.275. The van der Waals surface area contributed by atoms with Crippen molar-refractivity contribution in [2.24, 2.45) is 17.6 Å². The predicted octanol–water partition coefficient (Wildman–Crippen LogP) is 2.87. The number of nitrogens with two attached hydrogens (primary N) is 1. The maximum atomic E-state index is 6.08. The summed E-state index contributed by atoms with van der Waals surface area (Å²) in [6.07, 6.45) is 5.06. The molecule has 2 nitrogen and oxygen atoms in total. The topological polar surface area (TPSA) is 29.3 Å². The van der Waals surface area contributed by atoms with Crippen molar-refractivity contribution in [2.45, 2.75) is 58.9 Å². The quantitative estimate of drug-likeness (QED) is 0.781. The fourth-order valence-electron chi connectivity index (χ4n) is 3.45. The van der Waals surface area contributed by atoms with Gasteiger partial charge >= 0.3 is 0 Å². The Kier molecular flexibility index (Phi) is 5.26. The lowest BCUT2D eigenvalue weighted by Crippen LogP contribution is -2.57. The van der Waals surface area contributed by atoms with Crippen molar-refractivity contribution < 1.29 is 0 Å². The fourth-order valence-corrected chi connectivity index (χ4v) is 3.45. The maximum absolute atomic E-state index is 6.08. The first kappa shape index (κ1) is 14.0. The molecule has 0 bridgehead atoms. The van der Waals surface area contributed by atoms with Crippen LogP contribution in [-0.4, -0.2) is 30.1 Å². The first-order valence-corrected chi connectivity index (χ1v) is 7.03. The highest BCUT2D eigenvalue weighted by Gasteiger charge is 2.36. The second-order valence-electron chi connectivity index (χ2n) is 5.88. The van der Waals surface area contributed by atoms with Gasteiger partial charge in [-0.2, -0.15) is 0 Å². The molecule has 1 aliphatic heterocycles. The molecule has 2 heteroatoms. The average Bonchev–Trinajstić information content (AvgIpc) is 2.24. The van der Waals surface area contributed by atoms with Crippen LogP contribution in [0, 0.1) is 11.8 Å². The summed E-state index contributed by atoms with van der Waals surface area (Å²) in [6.45, 7) is 12.6. The first-order valence-electron chi connectivity index (χ1n) is 7.03. The number of likely N-dealkylation sites (tertiary alicyclic amines) is 1. The highest BCUT2D eigenvalue weighted by atomic mass is 15.2. The average molecular weight is 226 g/mol. The Morgan fingerprint density at radius 2 is 1.75 bits per heavy atom. The van der Waals surface area contributed by atoms with Crippen LogP contribution in [0.5, 0.6) is 0 Å².